The zero-order chi connectivity index (χ0) is 18.5. The number of rotatable bonds is 13. The lowest BCUT2D eigenvalue weighted by Gasteiger charge is -2.29. The Morgan fingerprint density at radius 2 is 1.23 bits per heavy atom. The first-order valence-corrected chi connectivity index (χ1v) is 11.9. The molecule has 0 nitrogen and oxygen atoms in total. The highest BCUT2D eigenvalue weighted by Gasteiger charge is 2.21. The molecule has 148 valence electrons. The maximum Gasteiger partial charge on any atom is -0.0162 e. The number of benzene rings is 1. The van der Waals surface area contributed by atoms with E-state index in [1.54, 1.807) is 11.1 Å². The van der Waals surface area contributed by atoms with Crippen molar-refractivity contribution in [3.8, 4) is 0 Å². The van der Waals surface area contributed by atoms with Crippen molar-refractivity contribution in [2.75, 3.05) is 0 Å². The van der Waals surface area contributed by atoms with Gasteiger partial charge in [0.1, 0.15) is 0 Å². The predicted octanol–water partition coefficient (Wildman–Crippen LogP) is 8.83. The molecule has 1 saturated carbocycles. The molecule has 2 rings (SSSR count). The summed E-state index contributed by atoms with van der Waals surface area (Å²) in [7, 11) is 0. The molecule has 1 aliphatic rings. The highest BCUT2D eigenvalue weighted by atomic mass is 14.3. The van der Waals surface area contributed by atoms with Crippen molar-refractivity contribution in [3.63, 3.8) is 0 Å². The van der Waals surface area contributed by atoms with Crippen molar-refractivity contribution in [2.45, 2.75) is 122 Å². The molecule has 0 unspecified atom stereocenters. The first kappa shape index (κ1) is 21.5. The van der Waals surface area contributed by atoms with E-state index in [-0.39, 0.29) is 0 Å². The molecule has 0 saturated heterocycles. The van der Waals surface area contributed by atoms with Gasteiger partial charge in [-0.25, -0.2) is 0 Å². The molecule has 1 fully saturated rings. The van der Waals surface area contributed by atoms with E-state index in [0.29, 0.717) is 0 Å². The van der Waals surface area contributed by atoms with Crippen LogP contribution in [0, 0.1) is 5.92 Å². The van der Waals surface area contributed by atoms with Gasteiger partial charge in [0.05, 0.1) is 0 Å². The first-order chi connectivity index (χ1) is 12.8. The lowest BCUT2D eigenvalue weighted by molar-refractivity contribution is 0.304. The van der Waals surface area contributed by atoms with E-state index >= 15 is 0 Å². The van der Waals surface area contributed by atoms with Crippen molar-refractivity contribution in [3.05, 3.63) is 35.4 Å². The fourth-order valence-corrected chi connectivity index (χ4v) is 4.70. The molecule has 0 aliphatic heterocycles. The quantitative estimate of drug-likeness (QED) is 0.310. The zero-order valence-electron chi connectivity index (χ0n) is 17.8. The van der Waals surface area contributed by atoms with Crippen LogP contribution in [0.3, 0.4) is 0 Å². The monoisotopic (exact) mass is 356 g/mol. The molecule has 0 spiro atoms. The number of hydrogen-bond donors (Lipinski definition) is 0. The van der Waals surface area contributed by atoms with Crippen LogP contribution in [0.15, 0.2) is 24.3 Å². The predicted molar refractivity (Wildman–Crippen MR) is 117 cm³/mol. The fraction of sp³-hybridized carbons (Fsp3) is 0.769. The van der Waals surface area contributed by atoms with Crippen LogP contribution in [0.1, 0.15) is 127 Å². The Kier molecular flexibility index (Phi) is 11.1. The Balaban J connectivity index is 1.59. The summed E-state index contributed by atoms with van der Waals surface area (Å²) >= 11 is 0. The largest absolute Gasteiger partial charge is 0.0654 e. The Bertz CT molecular complexity index is 436. The second-order valence-electron chi connectivity index (χ2n) is 8.83. The van der Waals surface area contributed by atoms with Crippen LogP contribution in [0.4, 0.5) is 0 Å². The molecule has 0 atom stereocenters. The summed E-state index contributed by atoms with van der Waals surface area (Å²) < 4.78 is 0. The van der Waals surface area contributed by atoms with Gasteiger partial charge < -0.3 is 0 Å². The lowest BCUT2D eigenvalue weighted by atomic mass is 9.77. The van der Waals surface area contributed by atoms with Gasteiger partial charge >= 0.3 is 0 Å². The second-order valence-corrected chi connectivity index (χ2v) is 8.83. The molecule has 0 bridgehead atoms. The van der Waals surface area contributed by atoms with E-state index in [9.17, 15) is 0 Å². The third-order valence-corrected chi connectivity index (χ3v) is 6.58. The van der Waals surface area contributed by atoms with Gasteiger partial charge in [0.2, 0.25) is 0 Å². The van der Waals surface area contributed by atoms with Gasteiger partial charge in [-0.05, 0) is 61.5 Å². The van der Waals surface area contributed by atoms with Crippen LogP contribution < -0.4 is 0 Å². The molecule has 0 N–H and O–H groups in total. The van der Waals surface area contributed by atoms with E-state index in [1.165, 1.54) is 103 Å². The molecule has 26 heavy (non-hydrogen) atoms. The third-order valence-electron chi connectivity index (χ3n) is 6.58. The van der Waals surface area contributed by atoms with Crippen LogP contribution in [0.5, 0.6) is 0 Å². The van der Waals surface area contributed by atoms with Gasteiger partial charge in [-0.15, -0.1) is 0 Å². The smallest absolute Gasteiger partial charge is 0.0162 e. The summed E-state index contributed by atoms with van der Waals surface area (Å²) in [6, 6.07) is 9.72. The minimum absolute atomic E-state index is 0.838. The average Bonchev–Trinajstić information content (AvgIpc) is 2.69. The molecule has 0 radical (unpaired) electrons. The Labute approximate surface area is 164 Å². The molecule has 1 aromatic carbocycles. The van der Waals surface area contributed by atoms with Gasteiger partial charge in [0.15, 0.2) is 0 Å². The topological polar surface area (TPSA) is 0 Å². The number of hydrogen-bond acceptors (Lipinski definition) is 0. The van der Waals surface area contributed by atoms with Crippen LogP contribution >= 0.6 is 0 Å². The molecular formula is C26H44. The maximum atomic E-state index is 2.44. The van der Waals surface area contributed by atoms with Gasteiger partial charge in [0, 0.05) is 0 Å². The number of unbranched alkanes of at least 4 members (excludes halogenated alkanes) is 8. The molecular weight excluding hydrogens is 312 g/mol. The highest BCUT2D eigenvalue weighted by molar-refractivity contribution is 5.25. The van der Waals surface area contributed by atoms with Crippen molar-refractivity contribution < 1.29 is 0 Å². The van der Waals surface area contributed by atoms with Crippen molar-refractivity contribution in [1.82, 2.24) is 0 Å². The summed E-state index contributed by atoms with van der Waals surface area (Å²) in [5, 5.41) is 0. The Hall–Kier alpha value is -0.780. The highest BCUT2D eigenvalue weighted by Crippen LogP contribution is 2.37. The summed E-state index contributed by atoms with van der Waals surface area (Å²) in [5.74, 6) is 1.86. The van der Waals surface area contributed by atoms with Crippen LogP contribution in [-0.2, 0) is 6.42 Å². The van der Waals surface area contributed by atoms with Crippen molar-refractivity contribution in [2.24, 2.45) is 5.92 Å². The minimum atomic E-state index is 0.838. The molecule has 0 aromatic heterocycles. The lowest BCUT2D eigenvalue weighted by Crippen LogP contribution is -2.13. The van der Waals surface area contributed by atoms with Crippen LogP contribution in [-0.4, -0.2) is 0 Å². The van der Waals surface area contributed by atoms with Gasteiger partial charge in [-0.3, -0.25) is 0 Å². The van der Waals surface area contributed by atoms with Crippen molar-refractivity contribution in [1.29, 1.82) is 0 Å². The van der Waals surface area contributed by atoms with E-state index < -0.39 is 0 Å². The molecule has 0 amide bonds. The minimum Gasteiger partial charge on any atom is -0.0654 e. The van der Waals surface area contributed by atoms with Gasteiger partial charge in [0.25, 0.3) is 0 Å². The zero-order valence-corrected chi connectivity index (χ0v) is 17.8. The Morgan fingerprint density at radius 1 is 0.654 bits per heavy atom. The van der Waals surface area contributed by atoms with Gasteiger partial charge in [-0.2, -0.15) is 0 Å². The number of aryl methyl sites for hydroxylation is 1. The molecule has 0 heteroatoms. The maximum absolute atomic E-state index is 2.44. The van der Waals surface area contributed by atoms with E-state index in [0.717, 1.165) is 11.8 Å². The molecule has 0 heterocycles. The average molecular weight is 357 g/mol. The van der Waals surface area contributed by atoms with Gasteiger partial charge in [-0.1, -0.05) is 102 Å². The summed E-state index contributed by atoms with van der Waals surface area (Å²) in [5.41, 5.74) is 3.16. The normalized spacial score (nSPS) is 20.4. The molecule has 1 aromatic rings. The van der Waals surface area contributed by atoms with E-state index in [2.05, 4.69) is 38.1 Å². The second kappa shape index (κ2) is 13.4. The van der Waals surface area contributed by atoms with E-state index in [4.69, 9.17) is 0 Å². The van der Waals surface area contributed by atoms with Crippen LogP contribution in [0.2, 0.25) is 0 Å². The summed E-state index contributed by atoms with van der Waals surface area (Å²) in [6.07, 6.45) is 22.6. The first-order valence-electron chi connectivity index (χ1n) is 11.9. The van der Waals surface area contributed by atoms with E-state index in [1.807, 2.05) is 0 Å². The summed E-state index contributed by atoms with van der Waals surface area (Å²) in [4.78, 5) is 0. The fourth-order valence-electron chi connectivity index (χ4n) is 4.70. The molecule has 1 aliphatic carbocycles. The standard InChI is InChI=1S/C26H44/c1-3-5-7-8-9-10-11-12-14-24-17-21-26(22-18-24)25-19-15-23(16-20-25)13-6-4-2/h17-18,21-23,25H,3-16,19-20H2,1-2H3. The third kappa shape index (κ3) is 8.28. The van der Waals surface area contributed by atoms with Crippen molar-refractivity contribution >= 4 is 0 Å². The Morgan fingerprint density at radius 3 is 1.85 bits per heavy atom. The summed E-state index contributed by atoms with van der Waals surface area (Å²) in [6.45, 7) is 4.62. The van der Waals surface area contributed by atoms with Crippen LogP contribution in [0.25, 0.3) is 0 Å². The SMILES string of the molecule is CCCCCCCCCCc1ccc(C2CCC(CCCC)CC2)cc1.